The highest BCUT2D eigenvalue weighted by molar-refractivity contribution is 7.98. The summed E-state index contributed by atoms with van der Waals surface area (Å²) in [5.41, 5.74) is -0.368. The van der Waals surface area contributed by atoms with E-state index in [1.807, 2.05) is 0 Å². The highest BCUT2D eigenvalue weighted by Crippen LogP contribution is 2.40. The van der Waals surface area contributed by atoms with Crippen LogP contribution in [0.5, 0.6) is 11.5 Å². The van der Waals surface area contributed by atoms with Crippen molar-refractivity contribution in [2.24, 2.45) is 0 Å². The molecular formula is C18H19NO8S. The predicted octanol–water partition coefficient (Wildman–Crippen LogP) is 1.22. The minimum Gasteiger partial charge on any atom is -0.507 e. The van der Waals surface area contributed by atoms with Crippen molar-refractivity contribution in [3.63, 3.8) is 0 Å². The maximum atomic E-state index is 12.5. The Morgan fingerprint density at radius 2 is 1.89 bits per heavy atom. The van der Waals surface area contributed by atoms with Crippen LogP contribution in [0.3, 0.4) is 0 Å². The van der Waals surface area contributed by atoms with Gasteiger partial charge in [0.1, 0.15) is 17.5 Å². The number of thioether (sulfide) groups is 1. The normalized spacial score (nSPS) is 14.5. The van der Waals surface area contributed by atoms with E-state index in [0.29, 0.717) is 0 Å². The van der Waals surface area contributed by atoms with Gasteiger partial charge in [-0.15, -0.1) is 0 Å². The number of Topliss-reactive ketones (excluding diaryl/α,β-unsaturated/α-hetero) is 2. The number of aliphatic carboxylic acids is 1. The Kier molecular flexibility index (Phi) is 6.34. The maximum Gasteiger partial charge on any atom is 0.327 e. The number of carboxylic acid groups (broad SMARTS) is 1. The lowest BCUT2D eigenvalue weighted by Crippen LogP contribution is -2.41. The molecule has 10 heteroatoms. The summed E-state index contributed by atoms with van der Waals surface area (Å²) in [6, 6.07) is -0.0684. The lowest BCUT2D eigenvalue weighted by Gasteiger charge is -2.21. The molecule has 1 atom stereocenters. The number of nitrogens with one attached hydrogen (secondary N) is 1. The van der Waals surface area contributed by atoms with Crippen LogP contribution in [0.2, 0.25) is 0 Å². The number of phenolic OH excluding ortho intramolecular Hbond substituents is 2. The summed E-state index contributed by atoms with van der Waals surface area (Å²) in [5.74, 6) is -4.15. The van der Waals surface area contributed by atoms with Crippen molar-refractivity contribution in [1.29, 1.82) is 0 Å². The fraction of sp³-hybridized carbons (Fsp3) is 0.333. The summed E-state index contributed by atoms with van der Waals surface area (Å²) in [6.07, 6.45) is 0. The molecule has 28 heavy (non-hydrogen) atoms. The van der Waals surface area contributed by atoms with E-state index in [-0.39, 0.29) is 39.5 Å². The van der Waals surface area contributed by atoms with Gasteiger partial charge in [0.25, 0.3) is 0 Å². The molecule has 2 rings (SSSR count). The average Bonchev–Trinajstić information content (AvgIpc) is 2.61. The second kappa shape index (κ2) is 8.34. The fourth-order valence-corrected chi connectivity index (χ4v) is 3.84. The highest BCUT2D eigenvalue weighted by Gasteiger charge is 2.35. The van der Waals surface area contributed by atoms with Crippen LogP contribution in [-0.4, -0.2) is 57.7 Å². The van der Waals surface area contributed by atoms with E-state index in [4.69, 9.17) is 9.84 Å². The molecule has 0 heterocycles. The number of ether oxygens (including phenoxy) is 1. The zero-order valence-electron chi connectivity index (χ0n) is 15.4. The van der Waals surface area contributed by atoms with E-state index in [1.165, 1.54) is 21.0 Å². The number of aromatic hydroxyl groups is 2. The molecule has 0 saturated heterocycles. The number of carbonyl (C=O) groups excluding carboxylic acids is 3. The Morgan fingerprint density at radius 3 is 2.43 bits per heavy atom. The van der Waals surface area contributed by atoms with Crippen molar-refractivity contribution in [1.82, 2.24) is 5.32 Å². The van der Waals surface area contributed by atoms with Gasteiger partial charge >= 0.3 is 5.97 Å². The highest BCUT2D eigenvalue weighted by atomic mass is 32.2. The molecule has 0 aromatic heterocycles. The van der Waals surface area contributed by atoms with E-state index in [9.17, 15) is 29.4 Å². The standard InChI is InChI=1S/C18H19NO8S/c1-7-14(22)13-9(16(24)17(7)27-3)4-12(21)10(15(13)23)5-28-6-11(18(25)26)19-8(2)20/h4,11,21,23H,5-6H2,1-3H3,(H,19,20)(H,25,26). The van der Waals surface area contributed by atoms with Crippen LogP contribution >= 0.6 is 11.8 Å². The molecule has 0 aliphatic heterocycles. The number of methoxy groups -OCH3 is 1. The molecule has 0 radical (unpaired) electrons. The molecule has 0 bridgehead atoms. The SMILES string of the molecule is COC1=C(C)C(=O)c2c(cc(O)c(CSCC(NC(C)=O)C(=O)O)c2O)C1=O. The van der Waals surface area contributed by atoms with Gasteiger partial charge in [0.2, 0.25) is 11.7 Å². The molecule has 1 unspecified atom stereocenters. The summed E-state index contributed by atoms with van der Waals surface area (Å²) in [5, 5.41) is 32.1. The Balaban J connectivity index is 2.31. The molecule has 1 aliphatic rings. The van der Waals surface area contributed by atoms with Gasteiger partial charge in [-0.3, -0.25) is 14.4 Å². The van der Waals surface area contributed by atoms with Gasteiger partial charge in [-0.05, 0) is 13.0 Å². The average molecular weight is 409 g/mol. The molecule has 1 aliphatic carbocycles. The number of carboxylic acids is 1. The third-order valence-corrected chi connectivity index (χ3v) is 5.21. The molecule has 1 aromatic carbocycles. The van der Waals surface area contributed by atoms with Crippen molar-refractivity contribution in [2.75, 3.05) is 12.9 Å². The van der Waals surface area contributed by atoms with Gasteiger partial charge in [-0.2, -0.15) is 11.8 Å². The van der Waals surface area contributed by atoms with E-state index in [1.54, 1.807) is 0 Å². The summed E-state index contributed by atoms with van der Waals surface area (Å²) >= 11 is 1.02. The van der Waals surface area contributed by atoms with Gasteiger partial charge in [-0.25, -0.2) is 4.79 Å². The van der Waals surface area contributed by atoms with Crippen LogP contribution in [0.15, 0.2) is 17.4 Å². The van der Waals surface area contributed by atoms with Crippen LogP contribution in [0.4, 0.5) is 0 Å². The van der Waals surface area contributed by atoms with Gasteiger partial charge in [0, 0.05) is 35.1 Å². The number of rotatable bonds is 7. The van der Waals surface area contributed by atoms with E-state index in [2.05, 4.69) is 5.32 Å². The smallest absolute Gasteiger partial charge is 0.327 e. The zero-order valence-corrected chi connectivity index (χ0v) is 16.2. The third kappa shape index (κ3) is 3.96. The first-order chi connectivity index (χ1) is 13.1. The Morgan fingerprint density at radius 1 is 1.25 bits per heavy atom. The number of benzene rings is 1. The summed E-state index contributed by atoms with van der Waals surface area (Å²) in [6.45, 7) is 2.59. The van der Waals surface area contributed by atoms with Crippen LogP contribution in [-0.2, 0) is 20.1 Å². The molecular weight excluding hydrogens is 390 g/mol. The Labute approximate surface area is 164 Å². The summed E-state index contributed by atoms with van der Waals surface area (Å²) in [7, 11) is 1.24. The van der Waals surface area contributed by atoms with E-state index in [0.717, 1.165) is 17.8 Å². The van der Waals surface area contributed by atoms with Crippen LogP contribution in [0.1, 0.15) is 40.1 Å². The number of phenols is 2. The second-order valence-electron chi connectivity index (χ2n) is 6.07. The van der Waals surface area contributed by atoms with Crippen molar-refractivity contribution < 1.29 is 39.2 Å². The Bertz CT molecular complexity index is 905. The topological polar surface area (TPSA) is 150 Å². The lowest BCUT2D eigenvalue weighted by atomic mass is 9.86. The summed E-state index contributed by atoms with van der Waals surface area (Å²) in [4.78, 5) is 47.2. The monoisotopic (exact) mass is 409 g/mol. The van der Waals surface area contributed by atoms with Crippen molar-refractivity contribution in [3.05, 3.63) is 34.1 Å². The zero-order chi connectivity index (χ0) is 21.2. The first-order valence-electron chi connectivity index (χ1n) is 8.09. The molecule has 150 valence electrons. The van der Waals surface area contributed by atoms with Gasteiger partial charge in [0.15, 0.2) is 11.5 Å². The number of hydrogen-bond donors (Lipinski definition) is 4. The molecule has 4 N–H and O–H groups in total. The van der Waals surface area contributed by atoms with Crippen LogP contribution < -0.4 is 5.32 Å². The molecule has 0 saturated carbocycles. The molecule has 0 fully saturated rings. The van der Waals surface area contributed by atoms with Gasteiger partial charge in [0.05, 0.1) is 12.7 Å². The summed E-state index contributed by atoms with van der Waals surface area (Å²) < 4.78 is 4.95. The van der Waals surface area contributed by atoms with Crippen LogP contribution in [0, 0.1) is 0 Å². The lowest BCUT2D eigenvalue weighted by molar-refractivity contribution is -0.140. The quantitative estimate of drug-likeness (QED) is 0.521. The molecule has 0 spiro atoms. The number of allylic oxidation sites excluding steroid dienone is 2. The number of hydrogen-bond acceptors (Lipinski definition) is 8. The Hall–Kier alpha value is -3.01. The van der Waals surface area contributed by atoms with Gasteiger partial charge < -0.3 is 25.4 Å². The molecule has 1 amide bonds. The maximum absolute atomic E-state index is 12.5. The molecule has 9 nitrogen and oxygen atoms in total. The van der Waals surface area contributed by atoms with Crippen LogP contribution in [0.25, 0.3) is 0 Å². The number of carbonyl (C=O) groups is 4. The number of ketones is 2. The third-order valence-electron chi connectivity index (χ3n) is 4.15. The van der Waals surface area contributed by atoms with Crippen molar-refractivity contribution in [2.45, 2.75) is 25.6 Å². The first-order valence-corrected chi connectivity index (χ1v) is 9.25. The second-order valence-corrected chi connectivity index (χ2v) is 7.10. The minimum atomic E-state index is -1.23. The predicted molar refractivity (Wildman–Crippen MR) is 99.5 cm³/mol. The van der Waals surface area contributed by atoms with E-state index < -0.39 is 41.0 Å². The van der Waals surface area contributed by atoms with Gasteiger partial charge in [-0.1, -0.05) is 0 Å². The fourth-order valence-electron chi connectivity index (χ4n) is 2.77. The first kappa shape index (κ1) is 21.3. The number of fused-ring (bicyclic) bond motifs is 1. The van der Waals surface area contributed by atoms with E-state index >= 15 is 0 Å². The van der Waals surface area contributed by atoms with Crippen molar-refractivity contribution in [3.8, 4) is 11.5 Å². The molecule has 1 aromatic rings. The minimum absolute atomic E-state index is 0.00877. The number of amides is 1. The van der Waals surface area contributed by atoms with Crippen molar-refractivity contribution >= 4 is 35.2 Å². The largest absolute Gasteiger partial charge is 0.507 e.